The van der Waals surface area contributed by atoms with Gasteiger partial charge in [0.1, 0.15) is 0 Å². The van der Waals surface area contributed by atoms with E-state index < -0.39 is 0 Å². The minimum atomic E-state index is -0.266. The van der Waals surface area contributed by atoms with E-state index in [1.165, 1.54) is 4.57 Å². The monoisotopic (exact) mass is 356 g/mol. The summed E-state index contributed by atoms with van der Waals surface area (Å²) < 4.78 is 1.49. The van der Waals surface area contributed by atoms with E-state index in [4.69, 9.17) is 0 Å². The van der Waals surface area contributed by atoms with Crippen molar-refractivity contribution >= 4 is 12.0 Å². The van der Waals surface area contributed by atoms with Crippen molar-refractivity contribution in [3.05, 3.63) is 111 Å². The highest BCUT2D eigenvalue weighted by atomic mass is 16.2. The molecule has 0 saturated heterocycles. The molecule has 4 rings (SSSR count). The zero-order valence-corrected chi connectivity index (χ0v) is 15.1. The fourth-order valence-electron chi connectivity index (χ4n) is 3.53. The van der Waals surface area contributed by atoms with Crippen LogP contribution in [0.4, 0.5) is 0 Å². The van der Waals surface area contributed by atoms with E-state index in [2.05, 4.69) is 5.32 Å². The highest BCUT2D eigenvalue weighted by Gasteiger charge is 2.23. The first-order valence-electron chi connectivity index (χ1n) is 8.95. The fraction of sp³-hybridized carbons (Fsp3) is 0.130. The fourth-order valence-corrected chi connectivity index (χ4v) is 3.53. The van der Waals surface area contributed by atoms with E-state index in [1.54, 1.807) is 13.2 Å². The SMILES string of the molecule is Cn1cc(C(=O)NC(c2ccccc2)c2ccccc2)c2c(c1=O)CC=C2. The molecule has 1 heterocycles. The van der Waals surface area contributed by atoms with Crippen LogP contribution in [0.2, 0.25) is 0 Å². The number of amides is 1. The van der Waals surface area contributed by atoms with Crippen LogP contribution in [0, 0.1) is 0 Å². The number of rotatable bonds is 4. The summed E-state index contributed by atoms with van der Waals surface area (Å²) in [6.07, 6.45) is 5.99. The highest BCUT2D eigenvalue weighted by molar-refractivity contribution is 5.99. The number of carbonyl (C=O) groups excluding carboxylic acids is 1. The van der Waals surface area contributed by atoms with Gasteiger partial charge in [-0.25, -0.2) is 0 Å². The van der Waals surface area contributed by atoms with Gasteiger partial charge in [0.15, 0.2) is 0 Å². The Kier molecular flexibility index (Phi) is 4.47. The van der Waals surface area contributed by atoms with E-state index in [0.29, 0.717) is 17.5 Å². The predicted molar refractivity (Wildman–Crippen MR) is 107 cm³/mol. The molecule has 0 spiro atoms. The zero-order chi connectivity index (χ0) is 18.8. The average Bonchev–Trinajstić information content (AvgIpc) is 3.20. The van der Waals surface area contributed by atoms with E-state index >= 15 is 0 Å². The lowest BCUT2D eigenvalue weighted by Gasteiger charge is -2.21. The number of pyridine rings is 1. The molecule has 0 saturated carbocycles. The first kappa shape index (κ1) is 17.0. The van der Waals surface area contributed by atoms with Crippen LogP contribution in [0.25, 0.3) is 6.08 Å². The Balaban J connectivity index is 1.74. The summed E-state index contributed by atoms with van der Waals surface area (Å²) in [5.41, 5.74) is 3.91. The summed E-state index contributed by atoms with van der Waals surface area (Å²) in [6.45, 7) is 0. The Bertz CT molecular complexity index is 1030. The van der Waals surface area contributed by atoms with Crippen molar-refractivity contribution in [2.24, 2.45) is 7.05 Å². The van der Waals surface area contributed by atoms with Gasteiger partial charge in [0, 0.05) is 18.8 Å². The maximum atomic E-state index is 13.2. The molecule has 0 atom stereocenters. The van der Waals surface area contributed by atoms with Crippen molar-refractivity contribution in [2.45, 2.75) is 12.5 Å². The van der Waals surface area contributed by atoms with Gasteiger partial charge in [0.25, 0.3) is 11.5 Å². The van der Waals surface area contributed by atoms with Crippen LogP contribution >= 0.6 is 0 Å². The number of aryl methyl sites for hydroxylation is 1. The molecule has 134 valence electrons. The lowest BCUT2D eigenvalue weighted by atomic mass is 9.97. The molecular formula is C23H20N2O2. The maximum absolute atomic E-state index is 13.2. The van der Waals surface area contributed by atoms with Crippen LogP contribution < -0.4 is 10.9 Å². The minimum absolute atomic E-state index is 0.0470. The lowest BCUT2D eigenvalue weighted by molar-refractivity contribution is 0.0942. The molecule has 27 heavy (non-hydrogen) atoms. The second-order valence-electron chi connectivity index (χ2n) is 6.69. The highest BCUT2D eigenvalue weighted by Crippen LogP contribution is 2.24. The number of hydrogen-bond donors (Lipinski definition) is 1. The van der Waals surface area contributed by atoms with Gasteiger partial charge in [-0.15, -0.1) is 0 Å². The van der Waals surface area contributed by atoms with Crippen LogP contribution in [-0.2, 0) is 13.5 Å². The Hall–Kier alpha value is -3.40. The normalized spacial score (nSPS) is 12.2. The van der Waals surface area contributed by atoms with Gasteiger partial charge < -0.3 is 9.88 Å². The number of aromatic nitrogens is 1. The van der Waals surface area contributed by atoms with Crippen LogP contribution in [0.3, 0.4) is 0 Å². The molecule has 0 bridgehead atoms. The third-order valence-corrected chi connectivity index (χ3v) is 4.91. The van der Waals surface area contributed by atoms with E-state index in [0.717, 1.165) is 16.7 Å². The molecule has 0 aliphatic heterocycles. The van der Waals surface area contributed by atoms with E-state index in [-0.39, 0.29) is 17.5 Å². The van der Waals surface area contributed by atoms with Gasteiger partial charge in [-0.2, -0.15) is 0 Å². The second-order valence-corrected chi connectivity index (χ2v) is 6.69. The summed E-state index contributed by atoms with van der Waals surface area (Å²) in [5.74, 6) is -0.189. The topological polar surface area (TPSA) is 51.1 Å². The Morgan fingerprint density at radius 2 is 1.59 bits per heavy atom. The number of carbonyl (C=O) groups is 1. The Morgan fingerprint density at radius 3 is 2.19 bits per heavy atom. The summed E-state index contributed by atoms with van der Waals surface area (Å²) >= 11 is 0. The first-order chi connectivity index (χ1) is 13.1. The molecule has 1 amide bonds. The molecule has 4 nitrogen and oxygen atoms in total. The van der Waals surface area contributed by atoms with Crippen molar-refractivity contribution in [2.75, 3.05) is 0 Å². The number of nitrogens with one attached hydrogen (secondary N) is 1. The minimum Gasteiger partial charge on any atom is -0.341 e. The van der Waals surface area contributed by atoms with Crippen molar-refractivity contribution in [1.82, 2.24) is 9.88 Å². The summed E-state index contributed by atoms with van der Waals surface area (Å²) in [5, 5.41) is 3.15. The number of allylic oxidation sites excluding steroid dienone is 1. The second kappa shape index (κ2) is 7.08. The van der Waals surface area contributed by atoms with Crippen molar-refractivity contribution in [3.8, 4) is 0 Å². The maximum Gasteiger partial charge on any atom is 0.254 e. The summed E-state index contributed by atoms with van der Waals surface area (Å²) in [6, 6.07) is 19.5. The van der Waals surface area contributed by atoms with Crippen molar-refractivity contribution in [3.63, 3.8) is 0 Å². The molecule has 4 heteroatoms. The third kappa shape index (κ3) is 3.22. The molecule has 0 radical (unpaired) electrons. The molecule has 1 aliphatic rings. The average molecular weight is 356 g/mol. The zero-order valence-electron chi connectivity index (χ0n) is 15.1. The van der Waals surface area contributed by atoms with Gasteiger partial charge in [0.2, 0.25) is 0 Å². The molecule has 0 unspecified atom stereocenters. The molecule has 1 N–H and O–H groups in total. The lowest BCUT2D eigenvalue weighted by Crippen LogP contribution is -2.32. The van der Waals surface area contributed by atoms with E-state index in [1.807, 2.05) is 72.8 Å². The van der Waals surface area contributed by atoms with Gasteiger partial charge in [0.05, 0.1) is 11.6 Å². The van der Waals surface area contributed by atoms with Gasteiger partial charge in [-0.05, 0) is 23.1 Å². The number of benzene rings is 2. The number of hydrogen-bond acceptors (Lipinski definition) is 2. The summed E-state index contributed by atoms with van der Waals surface area (Å²) in [7, 11) is 1.68. The Morgan fingerprint density at radius 1 is 1.00 bits per heavy atom. The predicted octanol–water partition coefficient (Wildman–Crippen LogP) is 3.47. The third-order valence-electron chi connectivity index (χ3n) is 4.91. The van der Waals surface area contributed by atoms with Gasteiger partial charge >= 0.3 is 0 Å². The largest absolute Gasteiger partial charge is 0.341 e. The smallest absolute Gasteiger partial charge is 0.254 e. The number of fused-ring (bicyclic) bond motifs is 1. The molecule has 2 aromatic carbocycles. The van der Waals surface area contributed by atoms with Crippen molar-refractivity contribution in [1.29, 1.82) is 0 Å². The van der Waals surface area contributed by atoms with Crippen LogP contribution in [0.5, 0.6) is 0 Å². The van der Waals surface area contributed by atoms with Crippen LogP contribution in [-0.4, -0.2) is 10.5 Å². The molecule has 0 fully saturated rings. The van der Waals surface area contributed by atoms with Gasteiger partial charge in [-0.3, -0.25) is 9.59 Å². The van der Waals surface area contributed by atoms with E-state index in [9.17, 15) is 9.59 Å². The first-order valence-corrected chi connectivity index (χ1v) is 8.95. The van der Waals surface area contributed by atoms with Crippen molar-refractivity contribution < 1.29 is 4.79 Å². The van der Waals surface area contributed by atoms with Crippen LogP contribution in [0.15, 0.2) is 77.7 Å². The molecule has 3 aromatic rings. The molecule has 1 aliphatic carbocycles. The quantitative estimate of drug-likeness (QED) is 0.778. The molecular weight excluding hydrogens is 336 g/mol. The standard InChI is InChI=1S/C23H20N2O2/c1-25-15-20(18-13-8-14-19(18)23(25)27)22(26)24-21(16-9-4-2-5-10-16)17-11-6-3-7-12-17/h2-13,15,21H,14H2,1H3,(H,24,26). The van der Waals surface area contributed by atoms with Crippen LogP contribution in [0.1, 0.15) is 38.7 Å². The van der Waals surface area contributed by atoms with Gasteiger partial charge in [-0.1, -0.05) is 72.8 Å². The molecule has 1 aromatic heterocycles. The summed E-state index contributed by atoms with van der Waals surface area (Å²) in [4.78, 5) is 25.5. The number of nitrogens with zero attached hydrogens (tertiary/aromatic N) is 1. The Labute approximate surface area is 157 Å².